The Hall–Kier alpha value is -0.230. The van der Waals surface area contributed by atoms with Crippen LogP contribution >= 0.6 is 19.4 Å². The fourth-order valence-corrected chi connectivity index (χ4v) is 2.69. The summed E-state index contributed by atoms with van der Waals surface area (Å²) >= 11 is 6.41. The summed E-state index contributed by atoms with van der Waals surface area (Å²) in [7, 11) is -10.7. The Morgan fingerprint density at radius 2 is 1.14 bits per heavy atom. The molecule has 0 N–H and O–H groups in total. The molecule has 2 fully saturated rings. The minimum absolute atomic E-state index is 1.02. The van der Waals surface area contributed by atoms with E-state index in [2.05, 4.69) is 9.48 Å². The van der Waals surface area contributed by atoms with Gasteiger partial charge < -0.3 is 0 Å². The fraction of sp³-hybridized carbons (Fsp3) is 0.909. The van der Waals surface area contributed by atoms with E-state index in [1.54, 1.807) is 0 Å². The van der Waals surface area contributed by atoms with Gasteiger partial charge in [0, 0.05) is 11.6 Å². The normalized spacial score (nSPS) is 23.6. The molecule has 0 saturated carbocycles. The third kappa shape index (κ3) is 11.0. The van der Waals surface area contributed by atoms with Crippen LogP contribution in [0.25, 0.3) is 0 Å². The molecule has 128 valence electrons. The van der Waals surface area contributed by atoms with E-state index in [4.69, 9.17) is 11.6 Å². The topological polar surface area (TPSA) is 6.25 Å². The maximum atomic E-state index is 9.87. The Bertz CT molecular complexity index is 368. The van der Waals surface area contributed by atoms with Gasteiger partial charge in [-0.1, -0.05) is 0 Å². The molecule has 0 spiro atoms. The van der Waals surface area contributed by atoms with Gasteiger partial charge in [-0.25, -0.2) is 0 Å². The Morgan fingerprint density at radius 3 is 1.57 bits per heavy atom. The van der Waals surface area contributed by atoms with Crippen molar-refractivity contribution in [1.82, 2.24) is 4.90 Å². The number of piperidine rings is 2. The quantitative estimate of drug-likeness (QED) is 0.178. The number of halogens is 7. The second-order valence-electron chi connectivity index (χ2n) is 5.32. The average molecular weight is 361 g/mol. The number of nitrogens with zero attached hydrogens (tertiary/aromatic N) is 2. The zero-order chi connectivity index (χ0) is 16.2. The molecule has 0 unspecified atom stereocenters. The Kier molecular flexibility index (Phi) is 5.47. The van der Waals surface area contributed by atoms with Crippen LogP contribution in [0.15, 0.2) is 0 Å². The van der Waals surface area contributed by atoms with E-state index >= 15 is 0 Å². The van der Waals surface area contributed by atoms with Gasteiger partial charge in [0.1, 0.15) is 0 Å². The van der Waals surface area contributed by atoms with Crippen LogP contribution in [-0.4, -0.2) is 40.9 Å². The molecule has 0 aliphatic carbocycles. The van der Waals surface area contributed by atoms with Crippen LogP contribution in [0, 0.1) is 0 Å². The zero-order valence-electron chi connectivity index (χ0n) is 11.6. The molecule has 0 atom stereocenters. The van der Waals surface area contributed by atoms with Gasteiger partial charge in [0.2, 0.25) is 0 Å². The molecule has 0 aromatic heterocycles. The Labute approximate surface area is 125 Å². The molecule has 0 radical (unpaired) electrons. The number of amidine groups is 1. The number of likely N-dealkylation sites (tertiary alicyclic amines) is 1. The van der Waals surface area contributed by atoms with E-state index in [1.807, 2.05) is 0 Å². The summed E-state index contributed by atoms with van der Waals surface area (Å²) < 4.78 is 61.6. The Morgan fingerprint density at radius 1 is 0.762 bits per heavy atom. The van der Waals surface area contributed by atoms with Crippen molar-refractivity contribution in [2.75, 3.05) is 26.2 Å². The molecule has 0 amide bonds. The summed E-state index contributed by atoms with van der Waals surface area (Å²) in [5, 5.41) is 1.02. The van der Waals surface area contributed by atoms with Crippen LogP contribution in [0.4, 0.5) is 25.2 Å². The van der Waals surface area contributed by atoms with Gasteiger partial charge in [-0.3, -0.25) is 9.48 Å². The van der Waals surface area contributed by atoms with E-state index in [9.17, 15) is 25.2 Å². The van der Waals surface area contributed by atoms with E-state index in [0.717, 1.165) is 31.5 Å². The third-order valence-electron chi connectivity index (χ3n) is 3.23. The molecule has 2 aliphatic rings. The number of hydrogen-bond acceptors (Lipinski definition) is 0. The molecule has 2 rings (SSSR count). The molecule has 0 aromatic rings. The van der Waals surface area contributed by atoms with Crippen LogP contribution in [0.3, 0.4) is 0 Å². The first kappa shape index (κ1) is 18.8. The third-order valence-corrected chi connectivity index (χ3v) is 3.71. The zero-order valence-corrected chi connectivity index (χ0v) is 13.2. The molecular formula is C11H20ClF6N2P. The van der Waals surface area contributed by atoms with Gasteiger partial charge in [-0.15, -0.1) is 0 Å². The summed E-state index contributed by atoms with van der Waals surface area (Å²) in [5.74, 6) is 0. The van der Waals surface area contributed by atoms with Gasteiger partial charge >= 0.3 is 38.3 Å². The predicted octanol–water partition coefficient (Wildman–Crippen LogP) is 5.65. The standard InChI is InChI=1S/C11H20ClN2.F6P/c12-11(13-7-3-1-4-8-13)14-9-5-2-6-10-14;1-7(2,3,4,5)6/h1-10H2;/q+1;-1. The van der Waals surface area contributed by atoms with Crippen molar-refractivity contribution >= 4 is 24.7 Å². The van der Waals surface area contributed by atoms with Gasteiger partial charge in [0.25, 0.3) is 0 Å². The fourth-order valence-electron chi connectivity index (χ4n) is 2.36. The summed E-state index contributed by atoms with van der Waals surface area (Å²) in [6.07, 6.45) is 7.99. The summed E-state index contributed by atoms with van der Waals surface area (Å²) in [6, 6.07) is 0. The van der Waals surface area contributed by atoms with Gasteiger partial charge in [0.05, 0.1) is 26.2 Å². The van der Waals surface area contributed by atoms with Crippen molar-refractivity contribution in [3.05, 3.63) is 0 Å². The van der Waals surface area contributed by atoms with E-state index in [-0.39, 0.29) is 0 Å². The second kappa shape index (κ2) is 6.11. The molecule has 21 heavy (non-hydrogen) atoms. The first-order valence-corrected chi connectivity index (χ1v) is 9.32. The maximum absolute atomic E-state index is 10.7. The van der Waals surface area contributed by atoms with Crippen LogP contribution in [0.2, 0.25) is 0 Å². The first-order chi connectivity index (χ1) is 9.33. The Balaban J connectivity index is 0.000000270. The van der Waals surface area contributed by atoms with Crippen LogP contribution in [-0.2, 0) is 0 Å². The molecule has 0 bridgehead atoms. The molecule has 2 saturated heterocycles. The van der Waals surface area contributed by atoms with Crippen molar-refractivity contribution in [1.29, 1.82) is 0 Å². The SMILES string of the molecule is ClC(N1CCCCC1)=[N+]1CCCCC1.F[P-](F)(F)(F)(F)F. The predicted molar refractivity (Wildman–Crippen MR) is 73.7 cm³/mol. The first-order valence-electron chi connectivity index (χ1n) is 6.92. The van der Waals surface area contributed by atoms with Crippen LogP contribution < -0.4 is 0 Å². The summed E-state index contributed by atoms with van der Waals surface area (Å²) in [5.41, 5.74) is 0. The number of hydrogen-bond donors (Lipinski definition) is 0. The van der Waals surface area contributed by atoms with Crippen LogP contribution in [0.1, 0.15) is 38.5 Å². The van der Waals surface area contributed by atoms with Crippen molar-refractivity contribution in [3.8, 4) is 0 Å². The monoisotopic (exact) mass is 360 g/mol. The van der Waals surface area contributed by atoms with E-state index in [1.165, 1.54) is 38.5 Å². The van der Waals surface area contributed by atoms with Crippen LogP contribution in [0.5, 0.6) is 0 Å². The second-order valence-corrected chi connectivity index (χ2v) is 7.58. The average Bonchev–Trinajstić information content (AvgIpc) is 2.36. The van der Waals surface area contributed by atoms with E-state index in [0.29, 0.717) is 0 Å². The van der Waals surface area contributed by atoms with Crippen molar-refractivity contribution in [2.45, 2.75) is 38.5 Å². The van der Waals surface area contributed by atoms with Gasteiger partial charge in [0.15, 0.2) is 0 Å². The molecule has 10 heteroatoms. The molecule has 2 aliphatic heterocycles. The summed E-state index contributed by atoms with van der Waals surface area (Å²) in [4.78, 5) is 2.36. The van der Waals surface area contributed by atoms with Gasteiger partial charge in [-0.2, -0.15) is 0 Å². The minimum atomic E-state index is -10.7. The van der Waals surface area contributed by atoms with Gasteiger partial charge in [-0.05, 0) is 38.5 Å². The summed E-state index contributed by atoms with van der Waals surface area (Å²) in [6.45, 7) is 4.65. The number of rotatable bonds is 0. The molecular weight excluding hydrogens is 341 g/mol. The van der Waals surface area contributed by atoms with Crippen molar-refractivity contribution in [3.63, 3.8) is 0 Å². The molecule has 2 heterocycles. The molecule has 2 nitrogen and oxygen atoms in total. The van der Waals surface area contributed by atoms with Crippen molar-refractivity contribution in [2.24, 2.45) is 0 Å². The van der Waals surface area contributed by atoms with E-state index < -0.39 is 7.81 Å². The van der Waals surface area contributed by atoms with Crippen molar-refractivity contribution < 1.29 is 29.8 Å². The molecule has 0 aromatic carbocycles.